The fourth-order valence-corrected chi connectivity index (χ4v) is 6.09. The molecule has 40 heavy (non-hydrogen) atoms. The summed E-state index contributed by atoms with van der Waals surface area (Å²) in [5.41, 5.74) is 2.59. The first kappa shape index (κ1) is 31.0. The van der Waals surface area contributed by atoms with E-state index < -0.39 is 28.5 Å². The van der Waals surface area contributed by atoms with Gasteiger partial charge in [0, 0.05) is 18.1 Å². The number of aryl methyl sites for hydroxylation is 2. The highest BCUT2D eigenvalue weighted by molar-refractivity contribution is 7.92. The van der Waals surface area contributed by atoms with Crippen molar-refractivity contribution in [3.05, 3.63) is 88.4 Å². The summed E-state index contributed by atoms with van der Waals surface area (Å²) in [6, 6.07) is 17.7. The lowest BCUT2D eigenvalue weighted by Crippen LogP contribution is -2.52. The summed E-state index contributed by atoms with van der Waals surface area (Å²) in [6.45, 7) is 7.23. The number of halogens is 1. The number of carbonyl (C=O) groups excluding carboxylic acids is 2. The molecule has 0 spiro atoms. The molecule has 3 aromatic carbocycles. The van der Waals surface area contributed by atoms with E-state index in [4.69, 9.17) is 16.3 Å². The summed E-state index contributed by atoms with van der Waals surface area (Å²) < 4.78 is 34.3. The predicted molar refractivity (Wildman–Crippen MR) is 158 cm³/mol. The van der Waals surface area contributed by atoms with E-state index in [1.807, 2.05) is 26.0 Å². The van der Waals surface area contributed by atoms with Gasteiger partial charge in [-0.3, -0.25) is 13.9 Å². The Balaban J connectivity index is 2.08. The van der Waals surface area contributed by atoms with Crippen molar-refractivity contribution in [2.24, 2.45) is 0 Å². The van der Waals surface area contributed by atoms with Crippen molar-refractivity contribution in [2.45, 2.75) is 51.6 Å². The van der Waals surface area contributed by atoms with Crippen LogP contribution in [0.3, 0.4) is 0 Å². The van der Waals surface area contributed by atoms with Crippen LogP contribution in [0.4, 0.5) is 5.69 Å². The zero-order valence-corrected chi connectivity index (χ0v) is 25.1. The van der Waals surface area contributed by atoms with Crippen LogP contribution in [0.5, 0.6) is 5.75 Å². The number of nitrogens with zero attached hydrogens (tertiary/aromatic N) is 2. The topological polar surface area (TPSA) is 96.0 Å². The first-order chi connectivity index (χ1) is 19.0. The molecule has 0 saturated carbocycles. The van der Waals surface area contributed by atoms with Gasteiger partial charge in [0.1, 0.15) is 18.3 Å². The molecule has 1 N–H and O–H groups in total. The normalized spacial score (nSPS) is 11.9. The molecule has 1 atom stereocenters. The van der Waals surface area contributed by atoms with Gasteiger partial charge in [0.25, 0.3) is 10.0 Å². The Morgan fingerprint density at radius 2 is 1.62 bits per heavy atom. The van der Waals surface area contributed by atoms with E-state index in [1.165, 1.54) is 17.0 Å². The molecule has 0 bridgehead atoms. The number of nitrogens with one attached hydrogen (secondary N) is 1. The van der Waals surface area contributed by atoms with Gasteiger partial charge in [0.15, 0.2) is 0 Å². The molecule has 8 nitrogen and oxygen atoms in total. The van der Waals surface area contributed by atoms with Gasteiger partial charge in [-0.05, 0) is 80.8 Å². The molecule has 1 unspecified atom stereocenters. The largest absolute Gasteiger partial charge is 0.497 e. The van der Waals surface area contributed by atoms with Crippen LogP contribution in [-0.2, 0) is 26.2 Å². The Kier molecular flexibility index (Phi) is 10.6. The maximum absolute atomic E-state index is 14.1. The summed E-state index contributed by atoms with van der Waals surface area (Å²) in [5, 5.41) is 3.25. The standard InChI is InChI=1S/C30H36ClN3O5S/c1-6-27(30(36)32-7-2)33(19-23-10-13-25(39-5)14-11-23)29(35)20-34(28-17-12-24(31)18-22(28)4)40(37,38)26-15-8-21(3)9-16-26/h8-18,27H,6-7,19-20H2,1-5H3,(H,32,36). The van der Waals surface area contributed by atoms with E-state index in [-0.39, 0.29) is 17.3 Å². The highest BCUT2D eigenvalue weighted by Crippen LogP contribution is 2.30. The van der Waals surface area contributed by atoms with Crippen LogP contribution in [0.1, 0.15) is 37.0 Å². The third-order valence-electron chi connectivity index (χ3n) is 6.56. The third kappa shape index (κ3) is 7.34. The molecular weight excluding hydrogens is 550 g/mol. The number of sulfonamides is 1. The lowest BCUT2D eigenvalue weighted by molar-refractivity contribution is -0.140. The maximum atomic E-state index is 14.1. The molecule has 0 aliphatic rings. The SMILES string of the molecule is CCNC(=O)C(CC)N(Cc1ccc(OC)cc1)C(=O)CN(c1ccc(Cl)cc1C)S(=O)(=O)c1ccc(C)cc1. The average Bonchev–Trinajstić information content (AvgIpc) is 2.92. The number of hydrogen-bond donors (Lipinski definition) is 1. The molecule has 10 heteroatoms. The number of amides is 2. The summed E-state index contributed by atoms with van der Waals surface area (Å²) >= 11 is 6.17. The van der Waals surface area contributed by atoms with Crippen LogP contribution < -0.4 is 14.4 Å². The minimum absolute atomic E-state index is 0.0534. The molecule has 0 aliphatic heterocycles. The Bertz CT molecular complexity index is 1430. The van der Waals surface area contributed by atoms with Crippen LogP contribution in [0.15, 0.2) is 71.6 Å². The van der Waals surface area contributed by atoms with Crippen molar-refractivity contribution in [3.63, 3.8) is 0 Å². The Morgan fingerprint density at radius 1 is 0.975 bits per heavy atom. The molecule has 0 aromatic heterocycles. The lowest BCUT2D eigenvalue weighted by atomic mass is 10.1. The van der Waals surface area contributed by atoms with Crippen LogP contribution in [-0.4, -0.2) is 51.4 Å². The van der Waals surface area contributed by atoms with E-state index in [2.05, 4.69) is 5.32 Å². The predicted octanol–water partition coefficient (Wildman–Crippen LogP) is 5.10. The number of hydrogen-bond acceptors (Lipinski definition) is 5. The second-order valence-electron chi connectivity index (χ2n) is 9.44. The van der Waals surface area contributed by atoms with Crippen LogP contribution in [0.25, 0.3) is 0 Å². The highest BCUT2D eigenvalue weighted by atomic mass is 35.5. The lowest BCUT2D eigenvalue weighted by Gasteiger charge is -2.33. The number of rotatable bonds is 12. The fraction of sp³-hybridized carbons (Fsp3) is 0.333. The minimum atomic E-state index is -4.15. The second-order valence-corrected chi connectivity index (χ2v) is 11.7. The van der Waals surface area contributed by atoms with Gasteiger partial charge < -0.3 is 15.0 Å². The van der Waals surface area contributed by atoms with E-state index in [9.17, 15) is 18.0 Å². The van der Waals surface area contributed by atoms with Gasteiger partial charge in [-0.15, -0.1) is 0 Å². The number of methoxy groups -OCH3 is 1. The molecule has 214 valence electrons. The number of benzene rings is 3. The quantitative estimate of drug-likeness (QED) is 0.319. The van der Waals surface area contributed by atoms with E-state index in [0.717, 1.165) is 15.4 Å². The monoisotopic (exact) mass is 585 g/mol. The molecule has 0 fully saturated rings. The van der Waals surface area contributed by atoms with Crippen molar-refractivity contribution in [2.75, 3.05) is 24.5 Å². The van der Waals surface area contributed by atoms with Crippen molar-refractivity contribution in [1.82, 2.24) is 10.2 Å². The van der Waals surface area contributed by atoms with Gasteiger partial charge in [-0.2, -0.15) is 0 Å². The highest BCUT2D eigenvalue weighted by Gasteiger charge is 2.34. The van der Waals surface area contributed by atoms with Crippen LogP contribution in [0, 0.1) is 13.8 Å². The van der Waals surface area contributed by atoms with Crippen LogP contribution >= 0.6 is 11.6 Å². The molecule has 3 rings (SSSR count). The number of carbonyl (C=O) groups is 2. The average molecular weight is 586 g/mol. The second kappa shape index (κ2) is 13.7. The smallest absolute Gasteiger partial charge is 0.264 e. The van der Waals surface area contributed by atoms with Gasteiger partial charge in [-0.25, -0.2) is 8.42 Å². The van der Waals surface area contributed by atoms with Crippen molar-refractivity contribution >= 4 is 39.1 Å². The first-order valence-electron chi connectivity index (χ1n) is 13.1. The third-order valence-corrected chi connectivity index (χ3v) is 8.57. The van der Waals surface area contributed by atoms with Crippen LogP contribution in [0.2, 0.25) is 5.02 Å². The van der Waals surface area contributed by atoms with E-state index in [1.54, 1.807) is 63.4 Å². The van der Waals surface area contributed by atoms with Gasteiger partial charge in [0.05, 0.1) is 17.7 Å². The minimum Gasteiger partial charge on any atom is -0.497 e. The number of likely N-dealkylation sites (N-methyl/N-ethyl adjacent to an activating group) is 1. The van der Waals surface area contributed by atoms with Crippen molar-refractivity contribution < 1.29 is 22.7 Å². The molecule has 0 heterocycles. The summed E-state index contributed by atoms with van der Waals surface area (Å²) in [4.78, 5) is 28.6. The van der Waals surface area contributed by atoms with Crippen molar-refractivity contribution in [1.29, 1.82) is 0 Å². The molecular formula is C30H36ClN3O5S. The van der Waals surface area contributed by atoms with Gasteiger partial charge >= 0.3 is 0 Å². The number of ether oxygens (including phenoxy) is 1. The van der Waals surface area contributed by atoms with Gasteiger partial charge in [-0.1, -0.05) is 48.4 Å². The molecule has 3 aromatic rings. The Hall–Kier alpha value is -3.56. The summed E-state index contributed by atoms with van der Waals surface area (Å²) in [7, 11) is -2.59. The van der Waals surface area contributed by atoms with Gasteiger partial charge in [0.2, 0.25) is 11.8 Å². The fourth-order valence-electron chi connectivity index (χ4n) is 4.39. The first-order valence-corrected chi connectivity index (χ1v) is 14.9. The Labute approximate surface area is 241 Å². The Morgan fingerprint density at radius 3 is 2.17 bits per heavy atom. The van der Waals surface area contributed by atoms with Crippen molar-refractivity contribution in [3.8, 4) is 5.75 Å². The molecule has 0 saturated heterocycles. The summed E-state index contributed by atoms with van der Waals surface area (Å²) in [6.07, 6.45) is 0.346. The zero-order chi connectivity index (χ0) is 29.4. The maximum Gasteiger partial charge on any atom is 0.264 e. The van der Waals surface area contributed by atoms with E-state index >= 15 is 0 Å². The molecule has 0 radical (unpaired) electrons. The van der Waals surface area contributed by atoms with E-state index in [0.29, 0.717) is 35.0 Å². The summed E-state index contributed by atoms with van der Waals surface area (Å²) in [5.74, 6) is -0.160. The zero-order valence-electron chi connectivity index (χ0n) is 23.5. The molecule has 2 amide bonds. The molecule has 0 aliphatic carbocycles. The number of anilines is 1.